The molecule has 1 rings (SSSR count). The second-order valence-corrected chi connectivity index (χ2v) is 2.46. The fourth-order valence-electron chi connectivity index (χ4n) is 0.597. The molecule has 1 aliphatic rings. The maximum Gasteiger partial charge on any atom is 0.282 e. The van der Waals surface area contributed by atoms with Gasteiger partial charge in [0.15, 0.2) is 5.78 Å². The molecule has 58 valence electrons. The molecule has 5 heteroatoms. The molecule has 0 aromatic carbocycles. The van der Waals surface area contributed by atoms with E-state index in [4.69, 9.17) is 4.55 Å². The molecule has 0 fully saturated rings. The third-order valence-corrected chi connectivity index (χ3v) is 1.39. The first-order valence-corrected chi connectivity index (χ1v) is 3.84. The van der Waals surface area contributed by atoms with E-state index in [0.717, 1.165) is 0 Å². The molecule has 1 unspecified atom stereocenters. The number of carbonyl (C=O) groups excluding carboxylic acids is 1. The highest BCUT2D eigenvalue weighted by atomic mass is 32.2. The molecule has 0 saturated heterocycles. The lowest BCUT2D eigenvalue weighted by Gasteiger charge is -1.94. The van der Waals surface area contributed by atoms with Crippen molar-refractivity contribution in [3.8, 4) is 0 Å². The first kappa shape index (κ1) is 8.03. The molecule has 1 atom stereocenters. The highest BCUT2D eigenvalue weighted by Crippen LogP contribution is 1.96. The van der Waals surface area contributed by atoms with Gasteiger partial charge in [0.2, 0.25) is 0 Å². The van der Waals surface area contributed by atoms with Gasteiger partial charge < -0.3 is 0 Å². The zero-order valence-electron chi connectivity index (χ0n) is 5.43. The van der Waals surface area contributed by atoms with Gasteiger partial charge in [-0.1, -0.05) is 0 Å². The molecule has 0 aromatic rings. The van der Waals surface area contributed by atoms with Crippen LogP contribution in [0.25, 0.3) is 0 Å². The Morgan fingerprint density at radius 2 is 1.82 bits per heavy atom. The predicted molar refractivity (Wildman–Crippen MR) is 41.5 cm³/mol. The number of carbonyl (C=O) groups is 1. The molecule has 0 spiro atoms. The Kier molecular flexibility index (Phi) is 2.45. The van der Waals surface area contributed by atoms with E-state index in [-0.39, 0.29) is 5.78 Å². The number of ketones is 1. The molecule has 0 amide bonds. The van der Waals surface area contributed by atoms with Crippen LogP contribution in [0.5, 0.6) is 0 Å². The summed E-state index contributed by atoms with van der Waals surface area (Å²) < 4.78 is 21.7. The van der Waals surface area contributed by atoms with Crippen molar-refractivity contribution in [1.82, 2.24) is 0 Å². The summed E-state index contributed by atoms with van der Waals surface area (Å²) >= 11 is -2.20. The fraction of sp³-hybridized carbons (Fsp3) is 0. The summed E-state index contributed by atoms with van der Waals surface area (Å²) in [6, 6.07) is 0. The number of allylic oxidation sites excluding steroid dienone is 4. The third-order valence-electron chi connectivity index (χ3n) is 1.02. The molecular formula is C6H5NO3S. The predicted octanol–water partition coefficient (Wildman–Crippen LogP) is 0.259. The molecule has 0 heterocycles. The van der Waals surface area contributed by atoms with Gasteiger partial charge in [-0.2, -0.15) is 4.40 Å². The van der Waals surface area contributed by atoms with Crippen LogP contribution >= 0.6 is 0 Å². The topological polar surface area (TPSA) is 66.7 Å². The third kappa shape index (κ3) is 2.57. The van der Waals surface area contributed by atoms with Gasteiger partial charge in [-0.15, -0.1) is 0 Å². The van der Waals surface area contributed by atoms with Crippen molar-refractivity contribution in [1.29, 1.82) is 0 Å². The van der Waals surface area contributed by atoms with Gasteiger partial charge in [0.25, 0.3) is 11.3 Å². The van der Waals surface area contributed by atoms with Crippen LogP contribution in [-0.4, -0.2) is 20.3 Å². The number of nitrogens with zero attached hydrogens (tertiary/aromatic N) is 1. The van der Waals surface area contributed by atoms with Gasteiger partial charge >= 0.3 is 0 Å². The SMILES string of the molecule is O=C1C=CC(=NS(=O)O)C=C1. The second-order valence-electron chi connectivity index (χ2n) is 1.82. The Morgan fingerprint density at radius 3 is 2.27 bits per heavy atom. The second kappa shape index (κ2) is 3.36. The highest BCUT2D eigenvalue weighted by molar-refractivity contribution is 7.78. The average molecular weight is 171 g/mol. The summed E-state index contributed by atoms with van der Waals surface area (Å²) in [5.41, 5.74) is 0.324. The van der Waals surface area contributed by atoms with Crippen LogP contribution in [0, 0.1) is 0 Å². The molecule has 0 saturated carbocycles. The summed E-state index contributed by atoms with van der Waals surface area (Å²) in [6.07, 6.45) is 5.34. The van der Waals surface area contributed by atoms with E-state index in [9.17, 15) is 9.00 Å². The first-order chi connectivity index (χ1) is 5.18. The largest absolute Gasteiger partial charge is 0.290 e. The van der Waals surface area contributed by atoms with E-state index in [0.29, 0.717) is 5.71 Å². The fourth-order valence-corrected chi connectivity index (χ4v) is 0.899. The van der Waals surface area contributed by atoms with Crippen LogP contribution in [0.15, 0.2) is 28.7 Å². The molecule has 1 N–H and O–H groups in total. The van der Waals surface area contributed by atoms with Gasteiger partial charge in [0.1, 0.15) is 0 Å². The van der Waals surface area contributed by atoms with Crippen molar-refractivity contribution >= 4 is 22.8 Å². The van der Waals surface area contributed by atoms with Crippen molar-refractivity contribution in [2.24, 2.45) is 4.40 Å². The van der Waals surface area contributed by atoms with E-state index in [1.807, 2.05) is 0 Å². The monoisotopic (exact) mass is 171 g/mol. The van der Waals surface area contributed by atoms with Gasteiger partial charge in [0, 0.05) is 0 Å². The Balaban J connectivity index is 2.80. The van der Waals surface area contributed by atoms with E-state index >= 15 is 0 Å². The van der Waals surface area contributed by atoms with Crippen molar-refractivity contribution in [2.75, 3.05) is 0 Å². The molecule has 0 bridgehead atoms. The molecule has 0 radical (unpaired) electrons. The van der Waals surface area contributed by atoms with E-state index in [1.165, 1.54) is 24.3 Å². The minimum atomic E-state index is -2.20. The average Bonchev–Trinajstić information content (AvgIpc) is 1.93. The molecule has 1 aliphatic carbocycles. The Bertz CT molecular complexity index is 272. The van der Waals surface area contributed by atoms with Crippen LogP contribution in [0.1, 0.15) is 0 Å². The van der Waals surface area contributed by atoms with Crippen LogP contribution in [0.4, 0.5) is 0 Å². The van der Waals surface area contributed by atoms with Crippen molar-refractivity contribution in [3.05, 3.63) is 24.3 Å². The standard InChI is InChI=1S/C6H5NO3S/c8-6-3-1-5(2-4-6)7-11(9)10/h1-4H,(H,9,10). The lowest BCUT2D eigenvalue weighted by Crippen LogP contribution is -2.00. The van der Waals surface area contributed by atoms with Gasteiger partial charge in [-0.05, 0) is 24.3 Å². The zero-order valence-corrected chi connectivity index (χ0v) is 6.25. The van der Waals surface area contributed by atoms with E-state index in [1.54, 1.807) is 0 Å². The molecule has 0 aliphatic heterocycles. The van der Waals surface area contributed by atoms with Crippen molar-refractivity contribution in [2.45, 2.75) is 0 Å². The van der Waals surface area contributed by atoms with Crippen molar-refractivity contribution < 1.29 is 13.6 Å². The maximum absolute atomic E-state index is 10.5. The van der Waals surface area contributed by atoms with Crippen LogP contribution in [0.2, 0.25) is 0 Å². The summed E-state index contributed by atoms with van der Waals surface area (Å²) in [7, 11) is 0. The summed E-state index contributed by atoms with van der Waals surface area (Å²) in [6.45, 7) is 0. The van der Waals surface area contributed by atoms with E-state index < -0.39 is 11.3 Å². The number of rotatable bonds is 1. The first-order valence-electron chi connectivity index (χ1n) is 2.78. The molecule has 4 nitrogen and oxygen atoms in total. The summed E-state index contributed by atoms with van der Waals surface area (Å²) in [4.78, 5) is 10.5. The van der Waals surface area contributed by atoms with Gasteiger partial charge in [-0.3, -0.25) is 9.35 Å². The van der Waals surface area contributed by atoms with Gasteiger partial charge in [0.05, 0.1) is 5.71 Å². The molecule has 11 heavy (non-hydrogen) atoms. The Morgan fingerprint density at radius 1 is 1.27 bits per heavy atom. The number of hydrogen-bond donors (Lipinski definition) is 1. The lowest BCUT2D eigenvalue weighted by atomic mass is 10.2. The lowest BCUT2D eigenvalue weighted by molar-refractivity contribution is -0.110. The minimum absolute atomic E-state index is 0.146. The normalized spacial score (nSPS) is 18.6. The van der Waals surface area contributed by atoms with Gasteiger partial charge in [-0.25, -0.2) is 4.21 Å². The minimum Gasteiger partial charge on any atom is -0.290 e. The summed E-state index contributed by atoms with van der Waals surface area (Å²) in [5.74, 6) is -0.146. The van der Waals surface area contributed by atoms with Crippen molar-refractivity contribution in [3.63, 3.8) is 0 Å². The Labute approximate surface area is 65.7 Å². The highest BCUT2D eigenvalue weighted by Gasteiger charge is 1.99. The molecule has 0 aromatic heterocycles. The number of hydrogen-bond acceptors (Lipinski definition) is 2. The van der Waals surface area contributed by atoms with Crippen LogP contribution < -0.4 is 0 Å². The Hall–Kier alpha value is -1.07. The molecular weight excluding hydrogens is 166 g/mol. The quantitative estimate of drug-likeness (QED) is 0.454. The summed E-state index contributed by atoms with van der Waals surface area (Å²) in [5, 5.41) is 0. The maximum atomic E-state index is 10.5. The van der Waals surface area contributed by atoms with Crippen LogP contribution in [-0.2, 0) is 16.1 Å². The van der Waals surface area contributed by atoms with Crippen LogP contribution in [0.3, 0.4) is 0 Å². The smallest absolute Gasteiger partial charge is 0.282 e. The van der Waals surface area contributed by atoms with E-state index in [2.05, 4.69) is 4.40 Å². The zero-order chi connectivity index (χ0) is 8.27.